The highest BCUT2D eigenvalue weighted by Gasteiger charge is 2.13. The SMILES string of the molecule is Cc1ccc([N+](=O)[O-])cc1OCC(=O)c1ccccc1Br. The number of nitro benzene ring substituents is 1. The zero-order chi connectivity index (χ0) is 15.4. The Hall–Kier alpha value is -2.21. The van der Waals surface area contributed by atoms with Crippen molar-refractivity contribution in [2.24, 2.45) is 0 Å². The molecular formula is C15H12BrNO4. The van der Waals surface area contributed by atoms with E-state index < -0.39 is 4.92 Å². The van der Waals surface area contributed by atoms with Gasteiger partial charge in [0, 0.05) is 16.1 Å². The number of carbonyl (C=O) groups is 1. The number of ketones is 1. The molecular weight excluding hydrogens is 338 g/mol. The van der Waals surface area contributed by atoms with Gasteiger partial charge in [-0.1, -0.05) is 34.1 Å². The van der Waals surface area contributed by atoms with Crippen LogP contribution in [-0.4, -0.2) is 17.3 Å². The predicted octanol–water partition coefficient (Wildman–Crippen LogP) is 3.93. The molecule has 0 bridgehead atoms. The lowest BCUT2D eigenvalue weighted by molar-refractivity contribution is -0.384. The van der Waals surface area contributed by atoms with Crippen LogP contribution in [0, 0.1) is 17.0 Å². The van der Waals surface area contributed by atoms with Crippen LogP contribution < -0.4 is 4.74 Å². The van der Waals surface area contributed by atoms with Crippen molar-refractivity contribution < 1.29 is 14.5 Å². The van der Waals surface area contributed by atoms with E-state index in [9.17, 15) is 14.9 Å². The average molecular weight is 350 g/mol. The van der Waals surface area contributed by atoms with Gasteiger partial charge in [0.1, 0.15) is 5.75 Å². The maximum atomic E-state index is 12.1. The van der Waals surface area contributed by atoms with Crippen molar-refractivity contribution in [1.82, 2.24) is 0 Å². The van der Waals surface area contributed by atoms with Crippen LogP contribution in [0.4, 0.5) is 5.69 Å². The van der Waals surface area contributed by atoms with E-state index >= 15 is 0 Å². The summed E-state index contributed by atoms with van der Waals surface area (Å²) >= 11 is 3.30. The lowest BCUT2D eigenvalue weighted by Crippen LogP contribution is -2.12. The van der Waals surface area contributed by atoms with E-state index in [1.165, 1.54) is 12.1 Å². The molecule has 0 spiro atoms. The summed E-state index contributed by atoms with van der Waals surface area (Å²) in [6.07, 6.45) is 0. The van der Waals surface area contributed by atoms with Crippen LogP contribution in [0.1, 0.15) is 15.9 Å². The first kappa shape index (κ1) is 15.2. The Labute approximate surface area is 129 Å². The number of ether oxygens (including phenoxy) is 1. The summed E-state index contributed by atoms with van der Waals surface area (Å²) in [5.74, 6) is 0.137. The molecule has 0 saturated carbocycles. The zero-order valence-corrected chi connectivity index (χ0v) is 12.8. The number of hydrogen-bond acceptors (Lipinski definition) is 4. The van der Waals surface area contributed by atoms with Crippen LogP contribution in [0.25, 0.3) is 0 Å². The molecule has 0 N–H and O–H groups in total. The molecule has 0 radical (unpaired) electrons. The van der Waals surface area contributed by atoms with Crippen LogP contribution in [0.2, 0.25) is 0 Å². The topological polar surface area (TPSA) is 69.4 Å². The first-order chi connectivity index (χ1) is 9.99. The maximum Gasteiger partial charge on any atom is 0.273 e. The van der Waals surface area contributed by atoms with Crippen LogP contribution in [0.5, 0.6) is 5.75 Å². The van der Waals surface area contributed by atoms with Crippen molar-refractivity contribution in [3.63, 3.8) is 0 Å². The lowest BCUT2D eigenvalue weighted by atomic mass is 10.1. The lowest BCUT2D eigenvalue weighted by Gasteiger charge is -2.09. The van der Waals surface area contributed by atoms with Gasteiger partial charge in [-0.05, 0) is 24.6 Å². The average Bonchev–Trinajstić information content (AvgIpc) is 2.46. The second kappa shape index (κ2) is 6.49. The van der Waals surface area contributed by atoms with Gasteiger partial charge in [0.2, 0.25) is 5.78 Å². The second-order valence-corrected chi connectivity index (χ2v) is 5.25. The third kappa shape index (κ3) is 3.66. The summed E-state index contributed by atoms with van der Waals surface area (Å²) in [6.45, 7) is 1.59. The summed E-state index contributed by atoms with van der Waals surface area (Å²) in [6, 6.07) is 11.3. The molecule has 108 valence electrons. The van der Waals surface area contributed by atoms with Crippen molar-refractivity contribution in [2.45, 2.75) is 6.92 Å². The van der Waals surface area contributed by atoms with Crippen molar-refractivity contribution in [3.8, 4) is 5.75 Å². The van der Waals surface area contributed by atoms with Crippen molar-refractivity contribution in [3.05, 3.63) is 68.2 Å². The van der Waals surface area contributed by atoms with Gasteiger partial charge in [0.05, 0.1) is 11.0 Å². The van der Waals surface area contributed by atoms with Gasteiger partial charge in [-0.15, -0.1) is 0 Å². The first-order valence-electron chi connectivity index (χ1n) is 6.14. The quantitative estimate of drug-likeness (QED) is 0.465. The van der Waals surface area contributed by atoms with Gasteiger partial charge in [-0.25, -0.2) is 0 Å². The van der Waals surface area contributed by atoms with E-state index in [0.717, 1.165) is 5.56 Å². The number of Topliss-reactive ketones (excluding diaryl/α,β-unsaturated/α-hetero) is 1. The molecule has 5 nitrogen and oxygen atoms in total. The van der Waals surface area contributed by atoms with Crippen LogP contribution in [-0.2, 0) is 0 Å². The Morgan fingerprint density at radius 1 is 1.29 bits per heavy atom. The molecule has 0 aliphatic heterocycles. The predicted molar refractivity (Wildman–Crippen MR) is 81.8 cm³/mol. The summed E-state index contributed by atoms with van der Waals surface area (Å²) in [5.41, 5.74) is 1.19. The number of carbonyl (C=O) groups excluding carboxylic acids is 1. The Morgan fingerprint density at radius 2 is 2.00 bits per heavy atom. The number of benzene rings is 2. The Balaban J connectivity index is 2.13. The van der Waals surface area contributed by atoms with Gasteiger partial charge in [-0.3, -0.25) is 14.9 Å². The van der Waals surface area contributed by atoms with E-state index in [1.54, 1.807) is 31.2 Å². The zero-order valence-electron chi connectivity index (χ0n) is 11.2. The fraction of sp³-hybridized carbons (Fsp3) is 0.133. The summed E-state index contributed by atoms with van der Waals surface area (Å²) < 4.78 is 6.11. The van der Waals surface area contributed by atoms with Crippen molar-refractivity contribution in [1.29, 1.82) is 0 Å². The normalized spacial score (nSPS) is 10.2. The summed E-state index contributed by atoms with van der Waals surface area (Å²) in [7, 11) is 0. The smallest absolute Gasteiger partial charge is 0.273 e. The molecule has 0 saturated heterocycles. The summed E-state index contributed by atoms with van der Waals surface area (Å²) in [4.78, 5) is 22.3. The first-order valence-corrected chi connectivity index (χ1v) is 6.94. The maximum absolute atomic E-state index is 12.1. The Morgan fingerprint density at radius 3 is 2.67 bits per heavy atom. The van der Waals surface area contributed by atoms with Gasteiger partial charge < -0.3 is 4.74 Å². The molecule has 2 aromatic carbocycles. The highest BCUT2D eigenvalue weighted by molar-refractivity contribution is 9.10. The number of halogens is 1. The molecule has 21 heavy (non-hydrogen) atoms. The van der Waals surface area contributed by atoms with E-state index in [4.69, 9.17) is 4.74 Å². The minimum atomic E-state index is -0.498. The largest absolute Gasteiger partial charge is 0.485 e. The Bertz CT molecular complexity index is 700. The molecule has 0 fully saturated rings. The number of rotatable bonds is 5. The number of nitro groups is 1. The molecule has 2 aromatic rings. The standard InChI is InChI=1S/C15H12BrNO4/c1-10-6-7-11(17(19)20)8-15(10)21-9-14(18)12-4-2-3-5-13(12)16/h2-8H,9H2,1H3. The molecule has 0 aliphatic carbocycles. The van der Waals surface area contributed by atoms with E-state index in [0.29, 0.717) is 15.8 Å². The van der Waals surface area contributed by atoms with Gasteiger partial charge in [0.25, 0.3) is 5.69 Å². The fourth-order valence-corrected chi connectivity index (χ4v) is 2.27. The van der Waals surface area contributed by atoms with E-state index in [-0.39, 0.29) is 18.1 Å². The monoisotopic (exact) mass is 349 g/mol. The number of non-ortho nitro benzene ring substituents is 1. The number of hydrogen-bond donors (Lipinski definition) is 0. The minimum absolute atomic E-state index is 0.0658. The highest BCUT2D eigenvalue weighted by atomic mass is 79.9. The van der Waals surface area contributed by atoms with Crippen LogP contribution >= 0.6 is 15.9 Å². The molecule has 0 aliphatic rings. The molecule has 0 aromatic heterocycles. The third-order valence-electron chi connectivity index (χ3n) is 2.92. The molecule has 6 heteroatoms. The van der Waals surface area contributed by atoms with E-state index in [2.05, 4.69) is 15.9 Å². The van der Waals surface area contributed by atoms with Gasteiger partial charge in [-0.2, -0.15) is 0 Å². The number of nitrogens with zero attached hydrogens (tertiary/aromatic N) is 1. The van der Waals surface area contributed by atoms with Gasteiger partial charge >= 0.3 is 0 Å². The van der Waals surface area contributed by atoms with Crippen molar-refractivity contribution in [2.75, 3.05) is 6.61 Å². The van der Waals surface area contributed by atoms with Crippen molar-refractivity contribution >= 4 is 27.4 Å². The molecule has 0 amide bonds. The minimum Gasteiger partial charge on any atom is -0.485 e. The fourth-order valence-electron chi connectivity index (χ4n) is 1.77. The Kier molecular flexibility index (Phi) is 4.70. The van der Waals surface area contributed by atoms with E-state index in [1.807, 2.05) is 6.07 Å². The third-order valence-corrected chi connectivity index (χ3v) is 3.61. The number of aryl methyl sites for hydroxylation is 1. The molecule has 0 heterocycles. The molecule has 2 rings (SSSR count). The van der Waals surface area contributed by atoms with Gasteiger partial charge in [0.15, 0.2) is 6.61 Å². The molecule has 0 atom stereocenters. The summed E-state index contributed by atoms with van der Waals surface area (Å²) in [5, 5.41) is 10.7. The molecule has 0 unspecified atom stereocenters. The van der Waals surface area contributed by atoms with Crippen LogP contribution in [0.3, 0.4) is 0 Å². The highest BCUT2D eigenvalue weighted by Crippen LogP contribution is 2.24. The second-order valence-electron chi connectivity index (χ2n) is 4.40. The van der Waals surface area contributed by atoms with Crippen LogP contribution in [0.15, 0.2) is 46.9 Å².